The summed E-state index contributed by atoms with van der Waals surface area (Å²) in [5.41, 5.74) is 2.43. The monoisotopic (exact) mass is 352 g/mol. The number of halogens is 3. The van der Waals surface area contributed by atoms with Crippen LogP contribution in [0.25, 0.3) is 6.08 Å². The van der Waals surface area contributed by atoms with Crippen molar-refractivity contribution in [3.05, 3.63) is 41.5 Å². The van der Waals surface area contributed by atoms with Gasteiger partial charge >= 0.3 is 6.18 Å². The van der Waals surface area contributed by atoms with Gasteiger partial charge in [-0.1, -0.05) is 57.2 Å². The van der Waals surface area contributed by atoms with Crippen molar-refractivity contribution in [2.24, 2.45) is 10.8 Å². The summed E-state index contributed by atoms with van der Waals surface area (Å²) < 4.78 is 42.6. The maximum absolute atomic E-state index is 14.2. The summed E-state index contributed by atoms with van der Waals surface area (Å²) in [4.78, 5) is 11.6. The third-order valence-corrected chi connectivity index (χ3v) is 5.45. The third-order valence-electron chi connectivity index (χ3n) is 5.45. The molecule has 0 aromatic heterocycles. The van der Waals surface area contributed by atoms with Crippen LogP contribution < -0.4 is 5.43 Å². The lowest BCUT2D eigenvalue weighted by atomic mass is 9.57. The van der Waals surface area contributed by atoms with Crippen molar-refractivity contribution < 1.29 is 18.0 Å². The van der Waals surface area contributed by atoms with E-state index in [2.05, 4.69) is 5.43 Å². The minimum Gasteiger partial charge on any atom is -0.288 e. The van der Waals surface area contributed by atoms with Gasteiger partial charge in [-0.2, -0.15) is 13.2 Å². The van der Waals surface area contributed by atoms with Crippen LogP contribution in [0.3, 0.4) is 0 Å². The lowest BCUT2D eigenvalue weighted by Crippen LogP contribution is -2.63. The van der Waals surface area contributed by atoms with E-state index in [1.165, 1.54) is 0 Å². The van der Waals surface area contributed by atoms with Crippen LogP contribution in [0.4, 0.5) is 13.2 Å². The smallest absolute Gasteiger partial charge is 0.288 e. The minimum absolute atomic E-state index is 0.0658. The number of carbonyl (C=O) groups excluding carboxylic acids is 1. The average molecular weight is 352 g/mol. The minimum atomic E-state index is -4.47. The Balaban J connectivity index is 2.13. The van der Waals surface area contributed by atoms with Crippen LogP contribution in [0.1, 0.15) is 38.3 Å². The highest BCUT2D eigenvalue weighted by atomic mass is 19.4. The molecule has 2 atom stereocenters. The van der Waals surface area contributed by atoms with Crippen LogP contribution in [-0.2, 0) is 11.2 Å². The normalized spacial score (nSPS) is 25.6. The highest BCUT2D eigenvalue weighted by molar-refractivity contribution is 5.77. The van der Waals surface area contributed by atoms with Crippen LogP contribution in [-0.4, -0.2) is 29.7 Å². The Hall–Kier alpha value is -1.82. The standard InChI is InChI=1S/C19H23F3N2O/c1-17(2,3)18(10-8-13-6-4-5-7-14(13)12-18)16(19(20,21)22)24-11-9-15(25)23-24/h4-8,10,16H,9,11-12H2,1-3H3,(H,23,25). The first-order chi connectivity index (χ1) is 11.5. The fourth-order valence-corrected chi connectivity index (χ4v) is 4.02. The number of rotatable bonds is 2. The molecule has 1 N–H and O–H groups in total. The van der Waals surface area contributed by atoms with Gasteiger partial charge in [0, 0.05) is 18.4 Å². The molecule has 1 aromatic rings. The lowest BCUT2D eigenvalue weighted by molar-refractivity contribution is -0.227. The number of alkyl halides is 3. The molecule has 1 aromatic carbocycles. The van der Waals surface area contributed by atoms with Crippen molar-refractivity contribution >= 4 is 12.0 Å². The van der Waals surface area contributed by atoms with E-state index in [1.54, 1.807) is 12.2 Å². The van der Waals surface area contributed by atoms with Gasteiger partial charge in [0.25, 0.3) is 0 Å². The molecule has 0 saturated carbocycles. The summed E-state index contributed by atoms with van der Waals surface area (Å²) in [6.45, 7) is 5.57. The SMILES string of the molecule is CC(C)(C)C1(C(N2CCC(=O)N2)C(F)(F)F)C=Cc2ccccc2C1. The summed E-state index contributed by atoms with van der Waals surface area (Å²) in [5, 5.41) is 1.09. The summed E-state index contributed by atoms with van der Waals surface area (Å²) in [6.07, 6.45) is -0.604. The maximum atomic E-state index is 14.2. The molecule has 1 aliphatic heterocycles. The molecule has 6 heteroatoms. The second-order valence-corrected chi connectivity index (χ2v) is 7.92. The molecule has 1 amide bonds. The highest BCUT2D eigenvalue weighted by Gasteiger charge is 2.61. The summed E-state index contributed by atoms with van der Waals surface area (Å²) in [7, 11) is 0. The summed E-state index contributed by atoms with van der Waals surface area (Å²) >= 11 is 0. The molecule has 2 aliphatic rings. The highest BCUT2D eigenvalue weighted by Crippen LogP contribution is 2.54. The molecule has 25 heavy (non-hydrogen) atoms. The van der Waals surface area contributed by atoms with Crippen molar-refractivity contribution in [3.8, 4) is 0 Å². The molecule has 2 unspecified atom stereocenters. The first-order valence-electron chi connectivity index (χ1n) is 8.45. The van der Waals surface area contributed by atoms with E-state index in [0.29, 0.717) is 0 Å². The number of fused-ring (bicyclic) bond motifs is 1. The van der Waals surface area contributed by atoms with Gasteiger partial charge in [-0.25, -0.2) is 5.01 Å². The molecule has 0 spiro atoms. The second-order valence-electron chi connectivity index (χ2n) is 7.92. The van der Waals surface area contributed by atoms with Gasteiger partial charge in [-0.15, -0.1) is 0 Å². The largest absolute Gasteiger partial charge is 0.406 e. The number of nitrogens with zero attached hydrogens (tertiary/aromatic N) is 1. The van der Waals surface area contributed by atoms with E-state index < -0.39 is 23.0 Å². The Bertz CT molecular complexity index is 705. The van der Waals surface area contributed by atoms with E-state index >= 15 is 0 Å². The van der Waals surface area contributed by atoms with Crippen molar-refractivity contribution in [1.82, 2.24) is 10.4 Å². The molecular weight excluding hydrogens is 329 g/mol. The second kappa shape index (κ2) is 5.87. The molecule has 0 bridgehead atoms. The molecule has 0 radical (unpaired) electrons. The quantitative estimate of drug-likeness (QED) is 0.874. The van der Waals surface area contributed by atoms with Crippen LogP contribution >= 0.6 is 0 Å². The third kappa shape index (κ3) is 3.08. The van der Waals surface area contributed by atoms with Crippen LogP contribution in [0, 0.1) is 10.8 Å². The first-order valence-corrected chi connectivity index (χ1v) is 8.45. The molecule has 3 rings (SSSR count). The van der Waals surface area contributed by atoms with E-state index in [9.17, 15) is 18.0 Å². The fraction of sp³-hybridized carbons (Fsp3) is 0.526. The summed E-state index contributed by atoms with van der Waals surface area (Å²) in [5.74, 6) is -0.363. The van der Waals surface area contributed by atoms with Crippen LogP contribution in [0.15, 0.2) is 30.3 Å². The number of amides is 1. The Kier molecular flexibility index (Phi) is 4.22. The number of carbonyl (C=O) groups is 1. The predicted molar refractivity (Wildman–Crippen MR) is 90.4 cm³/mol. The van der Waals surface area contributed by atoms with Gasteiger partial charge < -0.3 is 0 Å². The van der Waals surface area contributed by atoms with Crippen molar-refractivity contribution in [2.45, 2.75) is 45.8 Å². The van der Waals surface area contributed by atoms with E-state index in [0.717, 1.165) is 16.1 Å². The number of hydrazine groups is 1. The van der Waals surface area contributed by atoms with Gasteiger partial charge in [-0.05, 0) is 23.0 Å². The number of hydrogen-bond donors (Lipinski definition) is 1. The number of benzene rings is 1. The average Bonchev–Trinajstić information content (AvgIpc) is 2.90. The van der Waals surface area contributed by atoms with Crippen LogP contribution in [0.5, 0.6) is 0 Å². The van der Waals surface area contributed by atoms with E-state index in [4.69, 9.17) is 0 Å². The van der Waals surface area contributed by atoms with Gasteiger partial charge in [0.05, 0.1) is 0 Å². The Morgan fingerprint density at radius 1 is 1.20 bits per heavy atom. The molecule has 1 aliphatic carbocycles. The van der Waals surface area contributed by atoms with E-state index in [1.807, 2.05) is 45.0 Å². The van der Waals surface area contributed by atoms with Gasteiger partial charge in [0.15, 0.2) is 0 Å². The molecule has 1 saturated heterocycles. The lowest BCUT2D eigenvalue weighted by Gasteiger charge is -2.52. The van der Waals surface area contributed by atoms with Crippen molar-refractivity contribution in [2.75, 3.05) is 6.54 Å². The maximum Gasteiger partial charge on any atom is 0.406 e. The van der Waals surface area contributed by atoms with Gasteiger partial charge in [-0.3, -0.25) is 10.2 Å². The van der Waals surface area contributed by atoms with Gasteiger partial charge in [0.2, 0.25) is 5.91 Å². The molecule has 1 fully saturated rings. The Morgan fingerprint density at radius 3 is 2.44 bits per heavy atom. The summed E-state index contributed by atoms with van der Waals surface area (Å²) in [6, 6.07) is 5.76. The van der Waals surface area contributed by atoms with Gasteiger partial charge in [0.1, 0.15) is 6.04 Å². The van der Waals surface area contributed by atoms with Crippen molar-refractivity contribution in [3.63, 3.8) is 0 Å². The number of hydrogen-bond acceptors (Lipinski definition) is 2. The van der Waals surface area contributed by atoms with Crippen molar-refractivity contribution in [1.29, 1.82) is 0 Å². The Labute approximate surface area is 145 Å². The zero-order valence-corrected chi connectivity index (χ0v) is 14.7. The van der Waals surface area contributed by atoms with Crippen LogP contribution in [0.2, 0.25) is 0 Å². The topological polar surface area (TPSA) is 32.3 Å². The molecule has 136 valence electrons. The fourth-order valence-electron chi connectivity index (χ4n) is 4.02. The van der Waals surface area contributed by atoms with E-state index in [-0.39, 0.29) is 25.3 Å². The Morgan fingerprint density at radius 2 is 1.88 bits per heavy atom. The molecular formula is C19H23F3N2O. The molecule has 1 heterocycles. The molecule has 3 nitrogen and oxygen atoms in total. The zero-order chi connectivity index (χ0) is 18.5. The zero-order valence-electron chi connectivity index (χ0n) is 14.7. The first kappa shape index (κ1) is 18.0. The predicted octanol–water partition coefficient (Wildman–Crippen LogP) is 3.96. The number of nitrogens with one attached hydrogen (secondary N) is 1.